The van der Waals surface area contributed by atoms with E-state index >= 15 is 0 Å². The topological polar surface area (TPSA) is 107 Å². The Morgan fingerprint density at radius 1 is 1.05 bits per heavy atom. The molecule has 99 valence electrons. The number of benzene rings is 1. The van der Waals surface area contributed by atoms with E-state index in [-0.39, 0.29) is 18.9 Å². The number of ether oxygens (including phenoxy) is 2. The maximum absolute atomic E-state index is 11.4. The molecule has 0 amide bonds. The van der Waals surface area contributed by atoms with E-state index in [1.54, 1.807) is 0 Å². The zero-order valence-corrected chi connectivity index (χ0v) is 11.4. The van der Waals surface area contributed by atoms with Gasteiger partial charge in [0.05, 0.1) is 25.3 Å². The van der Waals surface area contributed by atoms with Gasteiger partial charge in [-0.2, -0.15) is 8.42 Å². The molecule has 1 N–H and O–H groups in total. The Kier molecular flexibility index (Phi) is 6.25. The van der Waals surface area contributed by atoms with Crippen molar-refractivity contribution in [2.24, 2.45) is 0 Å². The van der Waals surface area contributed by atoms with Crippen molar-refractivity contribution in [3.05, 3.63) is 29.3 Å². The molecule has 0 aromatic heterocycles. The normalized spacial score (nSPS) is 10.3. The van der Waals surface area contributed by atoms with E-state index in [1.165, 1.54) is 6.07 Å². The molecule has 19 heavy (non-hydrogen) atoms. The molecule has 0 saturated heterocycles. The molecule has 1 aromatic rings. The minimum Gasteiger partial charge on any atom is -0.465 e. The van der Waals surface area contributed by atoms with E-state index < -0.39 is 38.1 Å². The van der Waals surface area contributed by atoms with Crippen LogP contribution in [0, 0.1) is 0 Å². The molecular weight excluding hydrogens is 271 g/mol. The molecule has 1 aromatic carbocycles. The quantitative estimate of drug-likeness (QED) is 0.476. The average molecular weight is 281 g/mol. The van der Waals surface area contributed by atoms with Crippen LogP contribution in [0.1, 0.15) is 20.7 Å². The molecule has 0 heterocycles. The van der Waals surface area contributed by atoms with Gasteiger partial charge >= 0.3 is 11.9 Å². The number of rotatable bonds is 3. The first kappa shape index (κ1) is 17.7. The molecule has 1 radical (unpaired) electrons. The van der Waals surface area contributed by atoms with E-state index in [2.05, 4.69) is 9.47 Å². The Balaban J connectivity index is 0.00000324. The zero-order chi connectivity index (χ0) is 13.9. The van der Waals surface area contributed by atoms with Gasteiger partial charge in [0, 0.05) is 18.9 Å². The summed E-state index contributed by atoms with van der Waals surface area (Å²) in [7, 11) is -2.69. The van der Waals surface area contributed by atoms with Gasteiger partial charge in [0.2, 0.25) is 0 Å². The predicted octanol–water partition coefficient (Wildman–Crippen LogP) is 0.126. The molecule has 1 rings (SSSR count). The summed E-state index contributed by atoms with van der Waals surface area (Å²) >= 11 is 0. The maximum atomic E-state index is 11.4. The molecular formula is C10H10LiO7S. The molecule has 0 aliphatic heterocycles. The molecule has 0 atom stereocenters. The van der Waals surface area contributed by atoms with E-state index in [9.17, 15) is 18.0 Å². The number of methoxy groups -OCH3 is 2. The second kappa shape index (κ2) is 6.72. The van der Waals surface area contributed by atoms with Gasteiger partial charge in [-0.25, -0.2) is 9.59 Å². The van der Waals surface area contributed by atoms with E-state index in [0.717, 1.165) is 26.4 Å². The first-order valence-electron chi connectivity index (χ1n) is 4.60. The fraction of sp³-hybridized carbons (Fsp3) is 0.200. The Bertz CT molecular complexity index is 560. The monoisotopic (exact) mass is 281 g/mol. The van der Waals surface area contributed by atoms with Crippen LogP contribution in [0.15, 0.2) is 23.1 Å². The van der Waals surface area contributed by atoms with Gasteiger partial charge in [-0.1, -0.05) is 6.07 Å². The summed E-state index contributed by atoms with van der Waals surface area (Å²) in [4.78, 5) is 22.0. The van der Waals surface area contributed by atoms with E-state index in [1.807, 2.05) is 0 Å². The third-order valence-electron chi connectivity index (χ3n) is 2.08. The molecule has 0 fully saturated rings. The maximum Gasteiger partial charge on any atom is 0.339 e. The van der Waals surface area contributed by atoms with Gasteiger partial charge in [0.1, 0.15) is 4.90 Å². The minimum absolute atomic E-state index is 0. The summed E-state index contributed by atoms with van der Waals surface area (Å²) in [6.07, 6.45) is 0. The number of hydrogen-bond acceptors (Lipinski definition) is 6. The summed E-state index contributed by atoms with van der Waals surface area (Å²) < 4.78 is 40.4. The predicted molar refractivity (Wildman–Crippen MR) is 64.7 cm³/mol. The molecule has 9 heteroatoms. The van der Waals surface area contributed by atoms with Crippen LogP contribution in [0.4, 0.5) is 0 Å². The van der Waals surface area contributed by atoms with Crippen molar-refractivity contribution in [1.29, 1.82) is 0 Å². The number of hydrogen-bond donors (Lipinski definition) is 1. The molecule has 7 nitrogen and oxygen atoms in total. The summed E-state index contributed by atoms with van der Waals surface area (Å²) in [6, 6.07) is 3.50. The Morgan fingerprint density at radius 2 is 1.42 bits per heavy atom. The van der Waals surface area contributed by atoms with E-state index in [4.69, 9.17) is 4.55 Å². The Morgan fingerprint density at radius 3 is 1.68 bits per heavy atom. The molecule has 0 aliphatic rings. The van der Waals surface area contributed by atoms with Gasteiger partial charge in [-0.15, -0.1) is 0 Å². The van der Waals surface area contributed by atoms with Crippen molar-refractivity contribution < 1.29 is 32.0 Å². The van der Waals surface area contributed by atoms with Crippen LogP contribution in [0.3, 0.4) is 0 Å². The molecule has 0 saturated carbocycles. The molecule has 0 unspecified atom stereocenters. The summed E-state index contributed by atoms with van der Waals surface area (Å²) in [5, 5.41) is 0. The minimum atomic E-state index is -4.78. The fourth-order valence-corrected chi connectivity index (χ4v) is 2.21. The average Bonchev–Trinajstić information content (AvgIpc) is 2.34. The van der Waals surface area contributed by atoms with Crippen molar-refractivity contribution in [2.45, 2.75) is 4.90 Å². The first-order valence-corrected chi connectivity index (χ1v) is 6.04. The number of carbonyl (C=O) groups excluding carboxylic acids is 2. The number of esters is 2. The second-order valence-electron chi connectivity index (χ2n) is 3.14. The van der Waals surface area contributed by atoms with E-state index in [0.29, 0.717) is 0 Å². The fourth-order valence-electron chi connectivity index (χ4n) is 1.36. The van der Waals surface area contributed by atoms with Crippen LogP contribution in [0.5, 0.6) is 0 Å². The van der Waals surface area contributed by atoms with Crippen LogP contribution in [0.25, 0.3) is 0 Å². The smallest absolute Gasteiger partial charge is 0.339 e. The van der Waals surface area contributed by atoms with Crippen molar-refractivity contribution in [1.82, 2.24) is 0 Å². The zero-order valence-electron chi connectivity index (χ0n) is 10.5. The third-order valence-corrected chi connectivity index (χ3v) is 3.04. The second-order valence-corrected chi connectivity index (χ2v) is 4.50. The van der Waals surface area contributed by atoms with Gasteiger partial charge < -0.3 is 9.47 Å². The van der Waals surface area contributed by atoms with Crippen molar-refractivity contribution in [3.8, 4) is 0 Å². The van der Waals surface area contributed by atoms with Crippen LogP contribution in [-0.4, -0.2) is 58.0 Å². The van der Waals surface area contributed by atoms with Crippen LogP contribution in [-0.2, 0) is 19.6 Å². The summed E-state index contributed by atoms with van der Waals surface area (Å²) in [5.74, 6) is -1.98. The van der Waals surface area contributed by atoms with Gasteiger partial charge in [0.25, 0.3) is 10.1 Å². The van der Waals surface area contributed by atoms with Crippen LogP contribution >= 0.6 is 0 Å². The summed E-state index contributed by atoms with van der Waals surface area (Å²) in [5.41, 5.74) is -0.884. The first-order chi connectivity index (χ1) is 8.32. The largest absolute Gasteiger partial charge is 0.465 e. The Labute approximate surface area is 121 Å². The Hall–Kier alpha value is -1.33. The van der Waals surface area contributed by atoms with Gasteiger partial charge in [-0.3, -0.25) is 4.55 Å². The third kappa shape index (κ3) is 3.81. The molecule has 0 spiro atoms. The molecule has 0 bridgehead atoms. The SMILES string of the molecule is COC(=O)c1cccc(C(=O)OC)c1S(=O)(=O)O.[Li]. The van der Waals surface area contributed by atoms with Crippen molar-refractivity contribution in [2.75, 3.05) is 14.2 Å². The summed E-state index contributed by atoms with van der Waals surface area (Å²) in [6.45, 7) is 0. The van der Waals surface area contributed by atoms with Crippen molar-refractivity contribution in [3.63, 3.8) is 0 Å². The van der Waals surface area contributed by atoms with Crippen molar-refractivity contribution >= 4 is 40.9 Å². The standard InChI is InChI=1S/C10H10O7S.Li/c1-16-9(11)6-4-3-5-7(10(12)17-2)8(6)18(13,14)15;/h3-5H,1-2H3,(H,13,14,15);. The van der Waals surface area contributed by atoms with Crippen LogP contribution in [0.2, 0.25) is 0 Å². The van der Waals surface area contributed by atoms with Gasteiger partial charge in [0.15, 0.2) is 0 Å². The van der Waals surface area contributed by atoms with Crippen LogP contribution < -0.4 is 0 Å². The number of carbonyl (C=O) groups is 2. The van der Waals surface area contributed by atoms with Gasteiger partial charge in [-0.05, 0) is 12.1 Å². The molecule has 0 aliphatic carbocycles.